The van der Waals surface area contributed by atoms with E-state index in [0.717, 1.165) is 17.9 Å². The van der Waals surface area contributed by atoms with E-state index < -0.39 is 5.41 Å². The zero-order valence-corrected chi connectivity index (χ0v) is 11.2. The molecule has 1 rings (SSSR count). The maximum atomic E-state index is 11.7. The number of methoxy groups -OCH3 is 1. The average molecular weight is 246 g/mol. The zero-order valence-electron chi connectivity index (χ0n) is 9.54. The fourth-order valence-corrected chi connectivity index (χ4v) is 4.95. The summed E-state index contributed by atoms with van der Waals surface area (Å²) < 4.78 is 4.95. The molecule has 0 aromatic heterocycles. The lowest BCUT2D eigenvalue weighted by atomic mass is 9.85. The van der Waals surface area contributed by atoms with Gasteiger partial charge in [-0.25, -0.2) is 0 Å². The van der Waals surface area contributed by atoms with Gasteiger partial charge < -0.3 is 4.74 Å². The highest BCUT2D eigenvalue weighted by Crippen LogP contribution is 2.50. The molecule has 15 heavy (non-hydrogen) atoms. The minimum atomic E-state index is -0.562. The van der Waals surface area contributed by atoms with E-state index in [1.807, 2.05) is 30.4 Å². The molecule has 0 aromatic carbocycles. The van der Waals surface area contributed by atoms with Crippen molar-refractivity contribution < 1.29 is 9.53 Å². The smallest absolute Gasteiger partial charge is 0.315 e. The Morgan fingerprint density at radius 2 is 2.13 bits per heavy atom. The zero-order chi connectivity index (χ0) is 11.5. The number of hydrogen-bond donors (Lipinski definition) is 0. The first-order chi connectivity index (χ1) is 6.96. The van der Waals surface area contributed by atoms with Gasteiger partial charge in [0, 0.05) is 11.5 Å². The molecule has 2 nitrogen and oxygen atoms in total. The fourth-order valence-electron chi connectivity index (χ4n) is 1.79. The van der Waals surface area contributed by atoms with Crippen molar-refractivity contribution in [3.8, 4) is 0 Å². The van der Waals surface area contributed by atoms with Crippen LogP contribution in [0.25, 0.3) is 0 Å². The predicted octanol–water partition coefficient (Wildman–Crippen LogP) is 2.94. The molecular weight excluding hydrogens is 228 g/mol. The second-order valence-electron chi connectivity index (χ2n) is 4.12. The maximum absolute atomic E-state index is 11.7. The van der Waals surface area contributed by atoms with Crippen molar-refractivity contribution in [2.45, 2.75) is 24.3 Å². The second kappa shape index (κ2) is 4.83. The molecule has 1 saturated heterocycles. The third-order valence-electron chi connectivity index (χ3n) is 2.69. The van der Waals surface area contributed by atoms with Crippen LogP contribution in [-0.4, -0.2) is 28.7 Å². The third-order valence-corrected chi connectivity index (χ3v) is 5.98. The summed E-state index contributed by atoms with van der Waals surface area (Å²) in [5, 5.41) is 0. The normalized spacial score (nSPS) is 23.1. The van der Waals surface area contributed by atoms with E-state index in [1.54, 1.807) is 6.08 Å². The van der Waals surface area contributed by atoms with Crippen molar-refractivity contribution in [1.82, 2.24) is 0 Å². The van der Waals surface area contributed by atoms with Gasteiger partial charge in [-0.3, -0.25) is 4.79 Å². The Morgan fingerprint density at radius 3 is 2.53 bits per heavy atom. The molecule has 1 atom stereocenters. The molecule has 1 heterocycles. The van der Waals surface area contributed by atoms with E-state index in [1.165, 1.54) is 7.11 Å². The van der Waals surface area contributed by atoms with E-state index in [2.05, 4.69) is 13.5 Å². The molecule has 0 aliphatic carbocycles. The molecule has 0 unspecified atom stereocenters. The van der Waals surface area contributed by atoms with Gasteiger partial charge in [0.25, 0.3) is 0 Å². The number of rotatable bonds is 4. The Hall–Kier alpha value is -0.0900. The van der Waals surface area contributed by atoms with Crippen LogP contribution in [0.3, 0.4) is 0 Å². The van der Waals surface area contributed by atoms with E-state index >= 15 is 0 Å². The first-order valence-electron chi connectivity index (χ1n) is 4.96. The Balaban J connectivity index is 2.75. The molecule has 4 heteroatoms. The van der Waals surface area contributed by atoms with E-state index in [0.29, 0.717) is 0 Å². The lowest BCUT2D eigenvalue weighted by Gasteiger charge is -2.31. The lowest BCUT2D eigenvalue weighted by molar-refractivity contribution is -0.149. The number of thioether (sulfide) groups is 2. The molecular formula is C11H18O2S2. The van der Waals surface area contributed by atoms with Crippen LogP contribution in [0.2, 0.25) is 0 Å². The summed E-state index contributed by atoms with van der Waals surface area (Å²) in [6, 6.07) is 0. The monoisotopic (exact) mass is 246 g/mol. The molecule has 1 aliphatic heterocycles. The van der Waals surface area contributed by atoms with Crippen molar-refractivity contribution in [1.29, 1.82) is 0 Å². The summed E-state index contributed by atoms with van der Waals surface area (Å²) in [7, 11) is 1.43. The van der Waals surface area contributed by atoms with Crippen molar-refractivity contribution in [2.24, 2.45) is 5.41 Å². The molecule has 0 bridgehead atoms. The maximum Gasteiger partial charge on any atom is 0.315 e. The molecule has 0 N–H and O–H groups in total. The van der Waals surface area contributed by atoms with Gasteiger partial charge in [-0.1, -0.05) is 6.08 Å². The molecule has 86 valence electrons. The van der Waals surface area contributed by atoms with E-state index in [-0.39, 0.29) is 10.0 Å². The van der Waals surface area contributed by atoms with Gasteiger partial charge in [0.1, 0.15) is 0 Å². The van der Waals surface area contributed by atoms with Gasteiger partial charge in [-0.2, -0.15) is 0 Å². The molecule has 0 saturated carbocycles. The Labute approximate surface area is 100 Å². The van der Waals surface area contributed by atoms with Gasteiger partial charge >= 0.3 is 5.97 Å². The SMILES string of the molecule is C=C[C@](C)(CC1(C)SCCS1)C(=O)OC. The van der Waals surface area contributed by atoms with Crippen LogP contribution in [0.4, 0.5) is 0 Å². The van der Waals surface area contributed by atoms with Gasteiger partial charge in [0.05, 0.1) is 16.6 Å². The van der Waals surface area contributed by atoms with Crippen LogP contribution in [0.15, 0.2) is 12.7 Å². The molecule has 1 aliphatic rings. The van der Waals surface area contributed by atoms with Crippen LogP contribution in [0.5, 0.6) is 0 Å². The highest BCUT2D eigenvalue weighted by atomic mass is 32.2. The first kappa shape index (κ1) is 13.0. The standard InChI is InChI=1S/C11H18O2S2/c1-5-10(2,9(12)13-4)8-11(3)14-6-7-15-11/h5H,1,6-8H2,2-4H3/t10-/m1/s1. The Bertz CT molecular complexity index is 259. The quantitative estimate of drug-likeness (QED) is 0.563. The van der Waals surface area contributed by atoms with E-state index in [4.69, 9.17) is 4.74 Å². The van der Waals surface area contributed by atoms with E-state index in [9.17, 15) is 4.79 Å². The summed E-state index contributed by atoms with van der Waals surface area (Å²) >= 11 is 3.84. The van der Waals surface area contributed by atoms with Gasteiger partial charge in [-0.05, 0) is 20.3 Å². The summed E-state index contributed by atoms with van der Waals surface area (Å²) in [6.45, 7) is 7.85. The number of carbonyl (C=O) groups is 1. The fraction of sp³-hybridized carbons (Fsp3) is 0.727. The lowest BCUT2D eigenvalue weighted by Crippen LogP contribution is -2.33. The van der Waals surface area contributed by atoms with Crippen molar-refractivity contribution in [2.75, 3.05) is 18.6 Å². The molecule has 0 aromatic rings. The summed E-state index contributed by atoms with van der Waals surface area (Å²) in [6.07, 6.45) is 2.50. The average Bonchev–Trinajstić information content (AvgIpc) is 2.63. The van der Waals surface area contributed by atoms with Crippen LogP contribution in [-0.2, 0) is 9.53 Å². The minimum absolute atomic E-state index is 0.122. The van der Waals surface area contributed by atoms with Gasteiger partial charge in [-0.15, -0.1) is 30.1 Å². The Kier molecular flexibility index (Phi) is 4.18. The van der Waals surface area contributed by atoms with Crippen molar-refractivity contribution >= 4 is 29.5 Å². The summed E-state index contributed by atoms with van der Waals surface area (Å²) in [5.74, 6) is 2.14. The number of esters is 1. The van der Waals surface area contributed by atoms with Crippen molar-refractivity contribution in [3.05, 3.63) is 12.7 Å². The summed E-state index contributed by atoms with van der Waals surface area (Å²) in [5.41, 5.74) is -0.562. The molecule has 1 fully saturated rings. The Morgan fingerprint density at radius 1 is 1.60 bits per heavy atom. The van der Waals surface area contributed by atoms with Crippen LogP contribution in [0.1, 0.15) is 20.3 Å². The predicted molar refractivity (Wildman–Crippen MR) is 68.3 cm³/mol. The first-order valence-corrected chi connectivity index (χ1v) is 6.93. The van der Waals surface area contributed by atoms with Crippen LogP contribution >= 0.6 is 23.5 Å². The van der Waals surface area contributed by atoms with Crippen LogP contribution < -0.4 is 0 Å². The van der Waals surface area contributed by atoms with Crippen molar-refractivity contribution in [3.63, 3.8) is 0 Å². The number of hydrogen-bond acceptors (Lipinski definition) is 4. The number of ether oxygens (including phenoxy) is 1. The summed E-state index contributed by atoms with van der Waals surface area (Å²) in [4.78, 5) is 11.7. The van der Waals surface area contributed by atoms with Crippen LogP contribution in [0, 0.1) is 5.41 Å². The molecule has 0 amide bonds. The second-order valence-corrected chi connectivity index (χ2v) is 7.58. The highest BCUT2D eigenvalue weighted by molar-refractivity contribution is 8.21. The third kappa shape index (κ3) is 2.94. The number of carbonyl (C=O) groups excluding carboxylic acids is 1. The largest absolute Gasteiger partial charge is 0.468 e. The molecule has 0 radical (unpaired) electrons. The molecule has 0 spiro atoms. The topological polar surface area (TPSA) is 26.3 Å². The van der Waals surface area contributed by atoms with Gasteiger partial charge in [0.2, 0.25) is 0 Å². The highest BCUT2D eigenvalue weighted by Gasteiger charge is 2.41. The van der Waals surface area contributed by atoms with Gasteiger partial charge in [0.15, 0.2) is 0 Å². The minimum Gasteiger partial charge on any atom is -0.468 e.